The number of carbonyl (C=O) groups excluding carboxylic acids is 1. The van der Waals surface area contributed by atoms with Gasteiger partial charge in [0.2, 0.25) is 0 Å². The summed E-state index contributed by atoms with van der Waals surface area (Å²) >= 11 is 6.38. The van der Waals surface area contributed by atoms with Crippen LogP contribution in [-0.4, -0.2) is 13.0 Å². The fraction of sp³-hybridized carbons (Fsp3) is 0.154. The van der Waals surface area contributed by atoms with Crippen molar-refractivity contribution >= 4 is 29.3 Å². The Hall–Kier alpha value is -3.82. The minimum absolute atomic E-state index is 0.0419. The van der Waals surface area contributed by atoms with Crippen LogP contribution in [0.2, 0.25) is 5.02 Å². The molecule has 0 atom stereocenters. The van der Waals surface area contributed by atoms with Gasteiger partial charge in [-0.05, 0) is 66.9 Å². The van der Waals surface area contributed by atoms with Crippen molar-refractivity contribution in [3.8, 4) is 17.6 Å². The van der Waals surface area contributed by atoms with E-state index in [1.807, 2.05) is 32.0 Å². The topological polar surface area (TPSA) is 71.3 Å². The zero-order chi connectivity index (χ0) is 24.0. The zero-order valence-corrected chi connectivity index (χ0v) is 19.2. The summed E-state index contributed by atoms with van der Waals surface area (Å²) in [6.45, 7) is 3.87. The van der Waals surface area contributed by atoms with Crippen molar-refractivity contribution in [3.63, 3.8) is 0 Å². The van der Waals surface area contributed by atoms with Crippen molar-refractivity contribution in [3.05, 3.63) is 93.3 Å². The van der Waals surface area contributed by atoms with Gasteiger partial charge >= 0.3 is 0 Å². The van der Waals surface area contributed by atoms with Gasteiger partial charge in [-0.3, -0.25) is 4.79 Å². The Morgan fingerprint density at radius 2 is 1.91 bits per heavy atom. The second kappa shape index (κ2) is 10.7. The SMILES string of the molecule is COc1cc(/C=C(\C#N)C(=O)Nc2ccc(C)c(C)c2)cc(Cl)c1OCc1ccccc1F. The molecule has 0 spiro atoms. The molecule has 5 nitrogen and oxygen atoms in total. The summed E-state index contributed by atoms with van der Waals surface area (Å²) in [5.74, 6) is -0.411. The number of nitrogens with zero attached hydrogens (tertiary/aromatic N) is 1. The van der Waals surface area contributed by atoms with Crippen molar-refractivity contribution in [2.24, 2.45) is 0 Å². The lowest BCUT2D eigenvalue weighted by atomic mass is 10.1. The van der Waals surface area contributed by atoms with Crippen LogP contribution in [-0.2, 0) is 11.4 Å². The van der Waals surface area contributed by atoms with Gasteiger partial charge in [-0.2, -0.15) is 5.26 Å². The van der Waals surface area contributed by atoms with Gasteiger partial charge in [0.25, 0.3) is 5.91 Å². The maximum Gasteiger partial charge on any atom is 0.266 e. The first-order chi connectivity index (χ1) is 15.8. The van der Waals surface area contributed by atoms with Gasteiger partial charge in [0.05, 0.1) is 12.1 Å². The number of anilines is 1. The van der Waals surface area contributed by atoms with E-state index in [4.69, 9.17) is 21.1 Å². The normalized spacial score (nSPS) is 11.0. The zero-order valence-electron chi connectivity index (χ0n) is 18.4. The van der Waals surface area contributed by atoms with E-state index in [0.717, 1.165) is 11.1 Å². The van der Waals surface area contributed by atoms with E-state index in [1.54, 1.807) is 36.4 Å². The Labute approximate surface area is 197 Å². The second-order valence-corrected chi connectivity index (χ2v) is 7.74. The molecule has 3 aromatic rings. The van der Waals surface area contributed by atoms with Gasteiger partial charge < -0.3 is 14.8 Å². The quantitative estimate of drug-likeness (QED) is 0.332. The molecule has 0 heterocycles. The van der Waals surface area contributed by atoms with Crippen LogP contribution >= 0.6 is 11.6 Å². The number of hydrogen-bond donors (Lipinski definition) is 1. The van der Waals surface area contributed by atoms with E-state index in [0.29, 0.717) is 16.8 Å². The molecule has 0 aliphatic rings. The van der Waals surface area contributed by atoms with Gasteiger partial charge in [-0.1, -0.05) is 35.9 Å². The minimum atomic E-state index is -0.546. The summed E-state index contributed by atoms with van der Waals surface area (Å²) < 4.78 is 24.9. The number of aryl methyl sites for hydroxylation is 2. The van der Waals surface area contributed by atoms with Crippen molar-refractivity contribution in [2.75, 3.05) is 12.4 Å². The summed E-state index contributed by atoms with van der Waals surface area (Å²) in [4.78, 5) is 12.6. The summed E-state index contributed by atoms with van der Waals surface area (Å²) in [5, 5.41) is 12.4. The molecule has 3 aromatic carbocycles. The van der Waals surface area contributed by atoms with Crippen LogP contribution in [0.3, 0.4) is 0 Å². The van der Waals surface area contributed by atoms with Gasteiger partial charge in [0, 0.05) is 11.3 Å². The van der Waals surface area contributed by atoms with E-state index in [-0.39, 0.29) is 34.5 Å². The summed E-state index contributed by atoms with van der Waals surface area (Å²) in [6, 6.07) is 16.8. The molecule has 0 saturated carbocycles. The molecule has 0 unspecified atom stereocenters. The van der Waals surface area contributed by atoms with Crippen LogP contribution in [0.5, 0.6) is 11.5 Å². The molecule has 0 aliphatic carbocycles. The van der Waals surface area contributed by atoms with E-state index in [1.165, 1.54) is 19.3 Å². The molecule has 0 aromatic heterocycles. The van der Waals surface area contributed by atoms with Gasteiger partial charge in [-0.15, -0.1) is 0 Å². The van der Waals surface area contributed by atoms with Crippen molar-refractivity contribution in [2.45, 2.75) is 20.5 Å². The van der Waals surface area contributed by atoms with Crippen LogP contribution in [0.25, 0.3) is 6.08 Å². The maximum atomic E-state index is 13.9. The largest absolute Gasteiger partial charge is 0.493 e. The van der Waals surface area contributed by atoms with E-state index in [9.17, 15) is 14.4 Å². The summed E-state index contributed by atoms with van der Waals surface area (Å²) in [5.41, 5.74) is 3.46. The molecule has 0 fully saturated rings. The van der Waals surface area contributed by atoms with Crippen molar-refractivity contribution < 1.29 is 18.7 Å². The average Bonchev–Trinajstić information content (AvgIpc) is 2.79. The number of amides is 1. The lowest BCUT2D eigenvalue weighted by Crippen LogP contribution is -2.13. The summed E-state index contributed by atoms with van der Waals surface area (Å²) in [6.07, 6.45) is 1.41. The number of ether oxygens (including phenoxy) is 2. The van der Waals surface area contributed by atoms with Crippen molar-refractivity contribution in [1.82, 2.24) is 0 Å². The average molecular weight is 465 g/mol. The third-order valence-corrected chi connectivity index (χ3v) is 5.30. The third-order valence-electron chi connectivity index (χ3n) is 5.02. The van der Waals surface area contributed by atoms with Crippen LogP contribution in [0.1, 0.15) is 22.3 Å². The van der Waals surface area contributed by atoms with Gasteiger partial charge in [-0.25, -0.2) is 4.39 Å². The second-order valence-electron chi connectivity index (χ2n) is 7.34. The lowest BCUT2D eigenvalue weighted by molar-refractivity contribution is -0.112. The first-order valence-corrected chi connectivity index (χ1v) is 10.4. The first kappa shape index (κ1) is 23.8. The fourth-order valence-corrected chi connectivity index (χ4v) is 3.34. The molecule has 0 aliphatic heterocycles. The third kappa shape index (κ3) is 5.91. The fourth-order valence-electron chi connectivity index (χ4n) is 3.06. The smallest absolute Gasteiger partial charge is 0.266 e. The maximum absolute atomic E-state index is 13.9. The number of nitrogens with one attached hydrogen (secondary N) is 1. The predicted octanol–water partition coefficient (Wildman–Crippen LogP) is 6.23. The predicted molar refractivity (Wildman–Crippen MR) is 127 cm³/mol. The Morgan fingerprint density at radius 3 is 2.58 bits per heavy atom. The molecule has 0 saturated heterocycles. The number of halogens is 2. The highest BCUT2D eigenvalue weighted by molar-refractivity contribution is 6.32. The molecule has 7 heteroatoms. The van der Waals surface area contributed by atoms with Crippen molar-refractivity contribution in [1.29, 1.82) is 5.26 Å². The highest BCUT2D eigenvalue weighted by atomic mass is 35.5. The summed E-state index contributed by atoms with van der Waals surface area (Å²) in [7, 11) is 1.44. The number of rotatable bonds is 7. The first-order valence-electron chi connectivity index (χ1n) is 10.1. The van der Waals surface area contributed by atoms with Crippen LogP contribution < -0.4 is 14.8 Å². The Kier molecular flexibility index (Phi) is 7.70. The molecular weight excluding hydrogens is 443 g/mol. The van der Waals surface area contributed by atoms with Gasteiger partial charge in [0.15, 0.2) is 11.5 Å². The van der Waals surface area contributed by atoms with E-state index < -0.39 is 5.91 Å². The van der Waals surface area contributed by atoms with Gasteiger partial charge in [0.1, 0.15) is 24.1 Å². The number of benzene rings is 3. The molecule has 33 heavy (non-hydrogen) atoms. The molecule has 0 bridgehead atoms. The van der Waals surface area contributed by atoms with Crippen LogP contribution in [0, 0.1) is 31.0 Å². The van der Waals surface area contributed by atoms with Crippen LogP contribution in [0.4, 0.5) is 10.1 Å². The molecule has 3 rings (SSSR count). The monoisotopic (exact) mass is 464 g/mol. The Bertz CT molecular complexity index is 1260. The Balaban J connectivity index is 1.83. The molecule has 1 amide bonds. The van der Waals surface area contributed by atoms with E-state index >= 15 is 0 Å². The number of nitriles is 1. The molecular formula is C26H22ClFN2O3. The number of carbonyl (C=O) groups is 1. The lowest BCUT2D eigenvalue weighted by Gasteiger charge is -2.14. The highest BCUT2D eigenvalue weighted by Gasteiger charge is 2.15. The minimum Gasteiger partial charge on any atom is -0.493 e. The number of methoxy groups -OCH3 is 1. The molecule has 168 valence electrons. The standard InChI is InChI=1S/C26H22ClFN2O3/c1-16-8-9-21(10-17(16)2)30-26(31)20(14-29)11-18-12-22(27)25(24(13-18)32-3)33-15-19-6-4-5-7-23(19)28/h4-13H,15H2,1-3H3,(H,30,31)/b20-11+. The molecule has 1 N–H and O–H groups in total. The number of hydrogen-bond acceptors (Lipinski definition) is 4. The van der Waals surface area contributed by atoms with E-state index in [2.05, 4.69) is 5.32 Å². The Morgan fingerprint density at radius 1 is 1.15 bits per heavy atom. The van der Waals surface area contributed by atoms with Crippen LogP contribution in [0.15, 0.2) is 60.2 Å². The molecule has 0 radical (unpaired) electrons. The highest BCUT2D eigenvalue weighted by Crippen LogP contribution is 2.37.